The summed E-state index contributed by atoms with van der Waals surface area (Å²) in [4.78, 5) is 15.6. The number of ketones is 1. The Morgan fingerprint density at radius 2 is 2.17 bits per heavy atom. The summed E-state index contributed by atoms with van der Waals surface area (Å²) in [7, 11) is 2.10. The number of para-hydroxylation sites is 1. The molecule has 0 unspecified atom stereocenters. The smallest absolute Gasteiger partial charge is 0.146 e. The van der Waals surface area contributed by atoms with Crippen molar-refractivity contribution in [3.63, 3.8) is 0 Å². The Kier molecular flexibility index (Phi) is 3.68. The van der Waals surface area contributed by atoms with E-state index in [1.54, 1.807) is 0 Å². The lowest BCUT2D eigenvalue weighted by atomic mass is 9.57. The molecule has 5 rings (SSSR count). The molecular weight excluding hydrogens is 300 g/mol. The monoisotopic (exact) mass is 326 g/mol. The van der Waals surface area contributed by atoms with Crippen molar-refractivity contribution in [3.8, 4) is 0 Å². The molecule has 1 spiro atoms. The number of rotatable bonds is 2. The zero-order valence-corrected chi connectivity index (χ0v) is 14.5. The lowest BCUT2D eigenvalue weighted by molar-refractivity contribution is -0.130. The molecule has 0 saturated heterocycles. The molecule has 1 aromatic carbocycles. The standard InChI is InChI=1S/C20H26N2O2/c1-3-13-11-22(2)9-8-20-16-6-4-5-7-17(16)21-19(20)15(12-23)14(13)10-18(20)24/h4-7,11,14-15,19,21,23H,3,8-10,12H2,1-2H3/b13-11-/t14-,15+,19-,20+/m0/s1. The number of aliphatic hydroxyl groups is 1. The van der Waals surface area contributed by atoms with E-state index < -0.39 is 5.41 Å². The first-order valence-electron chi connectivity index (χ1n) is 9.02. The number of hydrogen-bond donors (Lipinski definition) is 2. The van der Waals surface area contributed by atoms with Crippen LogP contribution in [0, 0.1) is 11.8 Å². The SMILES string of the molecule is CC/C1=C/N(C)CC[C@@]23C(=O)C[C@@H]1[C@@H](CO)[C@@H]2Nc1ccccc13. The van der Waals surface area contributed by atoms with Gasteiger partial charge in [-0.3, -0.25) is 4.79 Å². The number of aliphatic hydroxyl groups excluding tert-OH is 1. The molecule has 1 aliphatic carbocycles. The third-order valence-corrected chi connectivity index (χ3v) is 6.44. The van der Waals surface area contributed by atoms with E-state index in [-0.39, 0.29) is 24.5 Å². The van der Waals surface area contributed by atoms with Gasteiger partial charge in [0, 0.05) is 44.3 Å². The van der Waals surface area contributed by atoms with Gasteiger partial charge in [0.2, 0.25) is 0 Å². The number of carbonyl (C=O) groups is 1. The molecule has 1 fully saturated rings. The van der Waals surface area contributed by atoms with Gasteiger partial charge in [0.25, 0.3) is 0 Å². The molecule has 3 heterocycles. The van der Waals surface area contributed by atoms with Gasteiger partial charge >= 0.3 is 0 Å². The van der Waals surface area contributed by atoms with E-state index in [4.69, 9.17) is 0 Å². The minimum atomic E-state index is -0.494. The second-order valence-electron chi connectivity index (χ2n) is 7.51. The minimum absolute atomic E-state index is 0.00685. The number of anilines is 1. The van der Waals surface area contributed by atoms with Crippen LogP contribution in [0.3, 0.4) is 0 Å². The van der Waals surface area contributed by atoms with Gasteiger partial charge in [-0.1, -0.05) is 30.7 Å². The maximum absolute atomic E-state index is 13.4. The number of hydrogen-bond acceptors (Lipinski definition) is 4. The van der Waals surface area contributed by atoms with Crippen LogP contribution >= 0.6 is 0 Å². The first-order valence-corrected chi connectivity index (χ1v) is 9.02. The summed E-state index contributed by atoms with van der Waals surface area (Å²) in [6, 6.07) is 8.20. The molecule has 128 valence electrons. The lowest BCUT2D eigenvalue weighted by Gasteiger charge is -2.46. The number of Topliss-reactive ketones (excluding diaryl/α,β-unsaturated/α-hetero) is 1. The third-order valence-electron chi connectivity index (χ3n) is 6.44. The van der Waals surface area contributed by atoms with Crippen molar-refractivity contribution in [1.29, 1.82) is 0 Å². The molecule has 24 heavy (non-hydrogen) atoms. The molecule has 0 aromatic heterocycles. The normalized spacial score (nSPS) is 36.8. The van der Waals surface area contributed by atoms with E-state index in [0.717, 1.165) is 30.6 Å². The van der Waals surface area contributed by atoms with E-state index in [1.807, 2.05) is 12.1 Å². The number of allylic oxidation sites excluding steroid dienone is 1. The molecule has 0 amide bonds. The molecule has 4 nitrogen and oxygen atoms in total. The third kappa shape index (κ3) is 1.99. The summed E-state index contributed by atoms with van der Waals surface area (Å²) < 4.78 is 0. The zero-order valence-electron chi connectivity index (χ0n) is 14.5. The topological polar surface area (TPSA) is 52.6 Å². The van der Waals surface area contributed by atoms with Crippen LogP contribution in [0.1, 0.15) is 31.7 Å². The van der Waals surface area contributed by atoms with Crippen molar-refractivity contribution >= 4 is 11.5 Å². The van der Waals surface area contributed by atoms with Crippen LogP contribution in [0.4, 0.5) is 5.69 Å². The summed E-state index contributed by atoms with van der Waals surface area (Å²) in [5.74, 6) is 0.551. The zero-order chi connectivity index (χ0) is 16.9. The Morgan fingerprint density at radius 1 is 1.38 bits per heavy atom. The lowest BCUT2D eigenvalue weighted by Crippen LogP contribution is -2.57. The highest BCUT2D eigenvalue weighted by atomic mass is 16.3. The average molecular weight is 326 g/mol. The highest BCUT2D eigenvalue weighted by Crippen LogP contribution is 2.54. The minimum Gasteiger partial charge on any atom is -0.396 e. The fraction of sp³-hybridized carbons (Fsp3) is 0.550. The molecule has 2 N–H and O–H groups in total. The van der Waals surface area contributed by atoms with Gasteiger partial charge in [0.1, 0.15) is 5.78 Å². The van der Waals surface area contributed by atoms with Gasteiger partial charge in [0.15, 0.2) is 0 Å². The van der Waals surface area contributed by atoms with Crippen molar-refractivity contribution in [1.82, 2.24) is 4.90 Å². The maximum atomic E-state index is 13.4. The van der Waals surface area contributed by atoms with E-state index in [9.17, 15) is 9.90 Å². The van der Waals surface area contributed by atoms with Crippen LogP contribution in [0.25, 0.3) is 0 Å². The van der Waals surface area contributed by atoms with Crippen LogP contribution < -0.4 is 5.32 Å². The van der Waals surface area contributed by atoms with Crippen molar-refractivity contribution in [3.05, 3.63) is 41.6 Å². The quantitative estimate of drug-likeness (QED) is 0.877. The van der Waals surface area contributed by atoms with Gasteiger partial charge in [-0.15, -0.1) is 0 Å². The fourth-order valence-corrected chi connectivity index (χ4v) is 5.24. The molecule has 4 atom stereocenters. The van der Waals surface area contributed by atoms with E-state index in [2.05, 4.69) is 42.5 Å². The Morgan fingerprint density at radius 3 is 2.92 bits per heavy atom. The Balaban J connectivity index is 1.91. The summed E-state index contributed by atoms with van der Waals surface area (Å²) in [6.07, 6.45) is 4.48. The maximum Gasteiger partial charge on any atom is 0.146 e. The van der Waals surface area contributed by atoms with Gasteiger partial charge in [-0.2, -0.15) is 0 Å². The highest BCUT2D eigenvalue weighted by molar-refractivity contribution is 5.97. The largest absolute Gasteiger partial charge is 0.396 e. The average Bonchev–Trinajstić information content (AvgIpc) is 2.96. The molecule has 3 aliphatic heterocycles. The molecule has 1 aromatic rings. The van der Waals surface area contributed by atoms with Crippen LogP contribution in [0.15, 0.2) is 36.0 Å². The fourth-order valence-electron chi connectivity index (χ4n) is 5.24. The van der Waals surface area contributed by atoms with Crippen LogP contribution in [-0.4, -0.2) is 42.0 Å². The van der Waals surface area contributed by atoms with Gasteiger partial charge in [-0.05, 0) is 36.6 Å². The van der Waals surface area contributed by atoms with Gasteiger partial charge in [-0.25, -0.2) is 0 Å². The summed E-state index contributed by atoms with van der Waals surface area (Å²) >= 11 is 0. The van der Waals surface area contributed by atoms with Crippen LogP contribution in [0.2, 0.25) is 0 Å². The van der Waals surface area contributed by atoms with Crippen LogP contribution in [0.5, 0.6) is 0 Å². The van der Waals surface area contributed by atoms with Crippen molar-refractivity contribution in [2.24, 2.45) is 11.8 Å². The van der Waals surface area contributed by atoms with E-state index >= 15 is 0 Å². The first kappa shape index (κ1) is 15.7. The Labute approximate surface area is 143 Å². The predicted molar refractivity (Wildman–Crippen MR) is 94.8 cm³/mol. The number of carbonyl (C=O) groups excluding carboxylic acids is 1. The number of nitrogens with zero attached hydrogens (tertiary/aromatic N) is 1. The summed E-state index contributed by atoms with van der Waals surface area (Å²) in [5, 5.41) is 13.8. The van der Waals surface area contributed by atoms with Gasteiger partial charge < -0.3 is 15.3 Å². The molecule has 2 bridgehead atoms. The van der Waals surface area contributed by atoms with Gasteiger partial charge in [0.05, 0.1) is 5.41 Å². The Hall–Kier alpha value is -1.81. The molecule has 4 heteroatoms. The summed E-state index contributed by atoms with van der Waals surface area (Å²) in [6.45, 7) is 3.12. The summed E-state index contributed by atoms with van der Waals surface area (Å²) in [5.41, 5.74) is 3.00. The number of benzene rings is 1. The highest BCUT2D eigenvalue weighted by Gasteiger charge is 2.59. The molecule has 0 radical (unpaired) electrons. The van der Waals surface area contributed by atoms with Crippen molar-refractivity contribution in [2.45, 2.75) is 37.6 Å². The first-order chi connectivity index (χ1) is 11.6. The second-order valence-corrected chi connectivity index (χ2v) is 7.51. The second kappa shape index (κ2) is 5.62. The van der Waals surface area contributed by atoms with Crippen LogP contribution in [-0.2, 0) is 10.2 Å². The molecular formula is C20H26N2O2. The predicted octanol–water partition coefficient (Wildman–Crippen LogP) is 2.55. The molecule has 1 saturated carbocycles. The van der Waals surface area contributed by atoms with E-state index in [0.29, 0.717) is 12.2 Å². The van der Waals surface area contributed by atoms with E-state index in [1.165, 1.54) is 5.57 Å². The molecule has 4 aliphatic rings. The Bertz CT molecular complexity index is 699. The van der Waals surface area contributed by atoms with Crippen molar-refractivity contribution in [2.75, 3.05) is 25.5 Å². The number of fused-ring (bicyclic) bond motifs is 5. The number of nitrogens with one attached hydrogen (secondary N) is 1. The van der Waals surface area contributed by atoms with Crippen molar-refractivity contribution < 1.29 is 9.90 Å².